The van der Waals surface area contributed by atoms with E-state index in [2.05, 4.69) is 12.2 Å². The molecule has 0 radical (unpaired) electrons. The predicted octanol–water partition coefficient (Wildman–Crippen LogP) is 2.21. The van der Waals surface area contributed by atoms with Crippen molar-refractivity contribution in [3.63, 3.8) is 0 Å². The lowest BCUT2D eigenvalue weighted by atomic mass is 9.86. The fourth-order valence-corrected chi connectivity index (χ4v) is 2.98. The first-order valence-corrected chi connectivity index (χ1v) is 7.29. The molecule has 2 rings (SSSR count). The van der Waals surface area contributed by atoms with E-state index in [0.717, 1.165) is 44.8 Å². The third-order valence-electron chi connectivity index (χ3n) is 4.12. The van der Waals surface area contributed by atoms with Gasteiger partial charge < -0.3 is 14.8 Å². The van der Waals surface area contributed by atoms with Gasteiger partial charge in [-0.1, -0.05) is 6.92 Å². The molecule has 2 aliphatic heterocycles. The minimum atomic E-state index is 0.667. The summed E-state index contributed by atoms with van der Waals surface area (Å²) in [5, 5.41) is 3.74. The van der Waals surface area contributed by atoms with Crippen molar-refractivity contribution in [1.82, 2.24) is 5.32 Å². The van der Waals surface area contributed by atoms with Crippen molar-refractivity contribution in [3.05, 3.63) is 0 Å². The van der Waals surface area contributed by atoms with Crippen molar-refractivity contribution >= 4 is 0 Å². The molecule has 3 nitrogen and oxygen atoms in total. The SMILES string of the molecule is CCCNC(CC1CCOCC1)C1CCOC1. The molecule has 1 N–H and O–H groups in total. The molecule has 0 bridgehead atoms. The Morgan fingerprint density at radius 1 is 1.12 bits per heavy atom. The van der Waals surface area contributed by atoms with Crippen LogP contribution < -0.4 is 5.32 Å². The van der Waals surface area contributed by atoms with Crippen LogP contribution in [0.1, 0.15) is 39.0 Å². The average Bonchev–Trinajstić information content (AvgIpc) is 2.89. The molecule has 3 heteroatoms. The van der Waals surface area contributed by atoms with E-state index in [0.29, 0.717) is 6.04 Å². The van der Waals surface area contributed by atoms with E-state index in [-0.39, 0.29) is 0 Å². The maximum atomic E-state index is 5.54. The quantitative estimate of drug-likeness (QED) is 0.773. The first-order chi connectivity index (χ1) is 8.40. The molecule has 0 aromatic carbocycles. The molecule has 0 aromatic rings. The summed E-state index contributed by atoms with van der Waals surface area (Å²) in [6, 6.07) is 0.667. The second kappa shape index (κ2) is 7.34. The van der Waals surface area contributed by atoms with Crippen molar-refractivity contribution in [2.24, 2.45) is 11.8 Å². The van der Waals surface area contributed by atoms with Gasteiger partial charge in [-0.15, -0.1) is 0 Å². The summed E-state index contributed by atoms with van der Waals surface area (Å²) in [5.74, 6) is 1.60. The van der Waals surface area contributed by atoms with Gasteiger partial charge >= 0.3 is 0 Å². The molecule has 100 valence electrons. The summed E-state index contributed by atoms with van der Waals surface area (Å²) in [6.07, 6.45) is 6.27. The van der Waals surface area contributed by atoms with E-state index in [1.807, 2.05) is 0 Å². The highest BCUT2D eigenvalue weighted by Crippen LogP contribution is 2.26. The van der Waals surface area contributed by atoms with Crippen LogP contribution in [0, 0.1) is 11.8 Å². The molecule has 0 aromatic heterocycles. The molecule has 2 aliphatic rings. The van der Waals surface area contributed by atoms with Gasteiger partial charge in [0.25, 0.3) is 0 Å². The summed E-state index contributed by atoms with van der Waals surface area (Å²) < 4.78 is 11.0. The number of ether oxygens (including phenoxy) is 2. The molecule has 2 heterocycles. The molecule has 17 heavy (non-hydrogen) atoms. The van der Waals surface area contributed by atoms with E-state index in [1.165, 1.54) is 32.1 Å². The summed E-state index contributed by atoms with van der Waals surface area (Å²) in [6.45, 7) is 7.24. The third kappa shape index (κ3) is 4.23. The maximum absolute atomic E-state index is 5.54. The van der Waals surface area contributed by atoms with Crippen LogP contribution in [-0.2, 0) is 9.47 Å². The van der Waals surface area contributed by atoms with Crippen molar-refractivity contribution in [1.29, 1.82) is 0 Å². The molecule has 2 atom stereocenters. The van der Waals surface area contributed by atoms with E-state index in [4.69, 9.17) is 9.47 Å². The zero-order chi connectivity index (χ0) is 11.9. The highest BCUT2D eigenvalue weighted by Gasteiger charge is 2.28. The molecule has 0 aliphatic carbocycles. The third-order valence-corrected chi connectivity index (χ3v) is 4.12. The lowest BCUT2D eigenvalue weighted by Gasteiger charge is -2.30. The van der Waals surface area contributed by atoms with Gasteiger partial charge in [-0.3, -0.25) is 0 Å². The summed E-state index contributed by atoms with van der Waals surface area (Å²) in [4.78, 5) is 0. The normalized spacial score (nSPS) is 28.4. The Labute approximate surface area is 105 Å². The zero-order valence-corrected chi connectivity index (χ0v) is 11.1. The Morgan fingerprint density at radius 3 is 2.53 bits per heavy atom. The van der Waals surface area contributed by atoms with Gasteiger partial charge in [0.05, 0.1) is 6.61 Å². The molecule has 2 fully saturated rings. The van der Waals surface area contributed by atoms with Crippen molar-refractivity contribution in [2.75, 3.05) is 33.0 Å². The van der Waals surface area contributed by atoms with Crippen LogP contribution in [0.3, 0.4) is 0 Å². The second-order valence-corrected chi connectivity index (χ2v) is 5.48. The smallest absolute Gasteiger partial charge is 0.0510 e. The number of hydrogen-bond acceptors (Lipinski definition) is 3. The van der Waals surface area contributed by atoms with Crippen LogP contribution in [-0.4, -0.2) is 39.0 Å². The van der Waals surface area contributed by atoms with Crippen molar-refractivity contribution < 1.29 is 9.47 Å². The van der Waals surface area contributed by atoms with Crippen LogP contribution in [0.2, 0.25) is 0 Å². The Morgan fingerprint density at radius 2 is 1.88 bits per heavy atom. The fraction of sp³-hybridized carbons (Fsp3) is 1.00. The van der Waals surface area contributed by atoms with Gasteiger partial charge in [0, 0.05) is 25.9 Å². The molecule has 0 amide bonds. The molecular weight excluding hydrogens is 214 g/mol. The largest absolute Gasteiger partial charge is 0.381 e. The summed E-state index contributed by atoms with van der Waals surface area (Å²) in [5.41, 5.74) is 0. The van der Waals surface area contributed by atoms with E-state index >= 15 is 0 Å². The van der Waals surface area contributed by atoms with Gasteiger partial charge in [0.1, 0.15) is 0 Å². The van der Waals surface area contributed by atoms with Crippen molar-refractivity contribution in [2.45, 2.75) is 45.1 Å². The Bertz CT molecular complexity index is 198. The van der Waals surface area contributed by atoms with Crippen LogP contribution in [0.25, 0.3) is 0 Å². The Balaban J connectivity index is 1.80. The average molecular weight is 241 g/mol. The minimum absolute atomic E-state index is 0.667. The van der Waals surface area contributed by atoms with Crippen LogP contribution in [0.4, 0.5) is 0 Å². The van der Waals surface area contributed by atoms with E-state index < -0.39 is 0 Å². The second-order valence-electron chi connectivity index (χ2n) is 5.48. The predicted molar refractivity (Wildman–Crippen MR) is 69.2 cm³/mol. The van der Waals surface area contributed by atoms with Gasteiger partial charge in [-0.25, -0.2) is 0 Å². The standard InChI is InChI=1S/C14H27NO2/c1-2-6-15-14(13-5-9-17-11-13)10-12-3-7-16-8-4-12/h12-15H,2-11H2,1H3. The highest BCUT2D eigenvalue weighted by molar-refractivity contribution is 4.82. The number of rotatable bonds is 6. The monoisotopic (exact) mass is 241 g/mol. The Hall–Kier alpha value is -0.120. The lowest BCUT2D eigenvalue weighted by molar-refractivity contribution is 0.0572. The van der Waals surface area contributed by atoms with Gasteiger partial charge in [-0.2, -0.15) is 0 Å². The summed E-state index contributed by atoms with van der Waals surface area (Å²) >= 11 is 0. The molecule has 0 saturated carbocycles. The van der Waals surface area contributed by atoms with Crippen LogP contribution >= 0.6 is 0 Å². The van der Waals surface area contributed by atoms with Gasteiger partial charge in [0.15, 0.2) is 0 Å². The van der Waals surface area contributed by atoms with Gasteiger partial charge in [0.2, 0.25) is 0 Å². The first-order valence-electron chi connectivity index (χ1n) is 7.29. The first kappa shape index (κ1) is 13.3. The minimum Gasteiger partial charge on any atom is -0.381 e. The van der Waals surface area contributed by atoms with E-state index in [9.17, 15) is 0 Å². The fourth-order valence-electron chi connectivity index (χ4n) is 2.98. The number of hydrogen-bond donors (Lipinski definition) is 1. The number of nitrogens with one attached hydrogen (secondary N) is 1. The maximum Gasteiger partial charge on any atom is 0.0510 e. The van der Waals surface area contributed by atoms with Crippen LogP contribution in [0.15, 0.2) is 0 Å². The van der Waals surface area contributed by atoms with E-state index in [1.54, 1.807) is 0 Å². The summed E-state index contributed by atoms with van der Waals surface area (Å²) in [7, 11) is 0. The zero-order valence-electron chi connectivity index (χ0n) is 11.1. The van der Waals surface area contributed by atoms with Gasteiger partial charge in [-0.05, 0) is 50.5 Å². The lowest BCUT2D eigenvalue weighted by Crippen LogP contribution is -2.39. The Kier molecular flexibility index (Phi) is 5.75. The molecule has 2 saturated heterocycles. The molecular formula is C14H27NO2. The molecule has 2 unspecified atom stereocenters. The van der Waals surface area contributed by atoms with Crippen LogP contribution in [0.5, 0.6) is 0 Å². The topological polar surface area (TPSA) is 30.5 Å². The molecule has 0 spiro atoms. The van der Waals surface area contributed by atoms with Crippen molar-refractivity contribution in [3.8, 4) is 0 Å². The highest BCUT2D eigenvalue weighted by atomic mass is 16.5.